The number of hydrogen-bond acceptors (Lipinski definition) is 2. The number of Topliss-reactive ketones (excluding diaryl/α,β-unsaturated/α-hetero) is 2. The molecule has 4 heteroatoms. The summed E-state index contributed by atoms with van der Waals surface area (Å²) in [6.45, 7) is 2.12. The van der Waals surface area contributed by atoms with Gasteiger partial charge in [0, 0.05) is 25.2 Å². The maximum absolute atomic E-state index is 14.0. The number of carbonyl (C=O) groups excluding carboxylic acids is 2. The number of halogens is 2. The summed E-state index contributed by atoms with van der Waals surface area (Å²) in [6.07, 6.45) is 6.79. The Morgan fingerprint density at radius 1 is 1.20 bits per heavy atom. The van der Waals surface area contributed by atoms with Crippen LogP contribution in [0.1, 0.15) is 77.6 Å². The molecule has 1 saturated carbocycles. The Balaban J connectivity index is 2.31. The van der Waals surface area contributed by atoms with Gasteiger partial charge in [-0.25, -0.2) is 0 Å². The highest BCUT2D eigenvalue weighted by molar-refractivity contribution is 5.87. The molecule has 116 valence electrons. The summed E-state index contributed by atoms with van der Waals surface area (Å²) in [6, 6.07) is 0. The van der Waals surface area contributed by atoms with Gasteiger partial charge >= 0.3 is 5.92 Å². The molecule has 0 N–H and O–H groups in total. The molecule has 0 aromatic carbocycles. The first-order chi connectivity index (χ1) is 9.48. The minimum Gasteiger partial charge on any atom is -0.300 e. The Kier molecular flexibility index (Phi) is 7.31. The van der Waals surface area contributed by atoms with Crippen molar-refractivity contribution in [3.05, 3.63) is 0 Å². The molecule has 0 heterocycles. The maximum atomic E-state index is 14.0. The predicted octanol–water partition coefficient (Wildman–Crippen LogP) is 4.70. The van der Waals surface area contributed by atoms with Crippen LogP contribution in [0.15, 0.2) is 0 Å². The summed E-state index contributed by atoms with van der Waals surface area (Å²) in [4.78, 5) is 23.0. The number of alkyl halides is 2. The zero-order valence-corrected chi connectivity index (χ0v) is 12.4. The third kappa shape index (κ3) is 5.29. The van der Waals surface area contributed by atoms with Gasteiger partial charge in [-0.2, -0.15) is 8.78 Å². The van der Waals surface area contributed by atoms with E-state index in [-0.39, 0.29) is 18.6 Å². The first-order valence-corrected chi connectivity index (χ1v) is 7.91. The van der Waals surface area contributed by atoms with Crippen LogP contribution in [0.2, 0.25) is 0 Å². The lowest BCUT2D eigenvalue weighted by Gasteiger charge is -2.28. The molecular formula is C16H26F2O2. The van der Waals surface area contributed by atoms with Crippen molar-refractivity contribution >= 4 is 11.6 Å². The van der Waals surface area contributed by atoms with Crippen LogP contribution >= 0.6 is 0 Å². The number of carbonyl (C=O) groups is 2. The minimum atomic E-state index is -3.31. The van der Waals surface area contributed by atoms with E-state index >= 15 is 0 Å². The smallest absolute Gasteiger partial charge is 0.300 e. The van der Waals surface area contributed by atoms with Crippen LogP contribution in [0.25, 0.3) is 0 Å². The average Bonchev–Trinajstić information content (AvgIpc) is 2.42. The lowest BCUT2D eigenvalue weighted by molar-refractivity contribution is -0.155. The van der Waals surface area contributed by atoms with Crippen molar-refractivity contribution in [2.45, 2.75) is 83.5 Å². The third-order valence-electron chi connectivity index (χ3n) is 4.12. The molecule has 0 saturated heterocycles. The van der Waals surface area contributed by atoms with E-state index in [9.17, 15) is 18.4 Å². The molecule has 0 aliphatic heterocycles. The fraction of sp³-hybridized carbons (Fsp3) is 0.875. The summed E-state index contributed by atoms with van der Waals surface area (Å²) in [7, 11) is 0. The number of ketones is 2. The summed E-state index contributed by atoms with van der Waals surface area (Å²) in [5, 5.41) is 0. The molecule has 1 unspecified atom stereocenters. The van der Waals surface area contributed by atoms with Gasteiger partial charge in [0.05, 0.1) is 0 Å². The molecule has 0 radical (unpaired) electrons. The molecule has 0 aromatic rings. The first kappa shape index (κ1) is 17.3. The molecule has 20 heavy (non-hydrogen) atoms. The van der Waals surface area contributed by atoms with Crippen molar-refractivity contribution in [2.24, 2.45) is 5.92 Å². The maximum Gasteiger partial charge on any atom is 0.308 e. The first-order valence-electron chi connectivity index (χ1n) is 7.91. The molecule has 1 aliphatic carbocycles. The Bertz CT molecular complexity index is 326. The fourth-order valence-corrected chi connectivity index (χ4v) is 2.79. The third-order valence-corrected chi connectivity index (χ3v) is 4.12. The van der Waals surface area contributed by atoms with Crippen molar-refractivity contribution in [2.75, 3.05) is 0 Å². The van der Waals surface area contributed by atoms with Gasteiger partial charge in [-0.3, -0.25) is 9.59 Å². The van der Waals surface area contributed by atoms with Crippen LogP contribution in [0.4, 0.5) is 8.78 Å². The Morgan fingerprint density at radius 2 is 1.85 bits per heavy atom. The second-order valence-corrected chi connectivity index (χ2v) is 5.90. The second-order valence-electron chi connectivity index (χ2n) is 5.90. The Morgan fingerprint density at radius 3 is 2.50 bits per heavy atom. The normalized spacial score (nSPS) is 20.1. The average molecular weight is 288 g/mol. The largest absolute Gasteiger partial charge is 0.308 e. The van der Waals surface area contributed by atoms with Crippen LogP contribution in [0, 0.1) is 5.92 Å². The Hall–Kier alpha value is -0.800. The molecule has 0 bridgehead atoms. The predicted molar refractivity (Wildman–Crippen MR) is 74.9 cm³/mol. The van der Waals surface area contributed by atoms with Gasteiger partial charge in [0.15, 0.2) is 0 Å². The minimum absolute atomic E-state index is 0.0518. The van der Waals surface area contributed by atoms with Crippen molar-refractivity contribution in [3.63, 3.8) is 0 Å². The van der Waals surface area contributed by atoms with Crippen LogP contribution in [-0.4, -0.2) is 17.5 Å². The van der Waals surface area contributed by atoms with E-state index in [1.165, 1.54) is 0 Å². The van der Waals surface area contributed by atoms with Gasteiger partial charge in [0.2, 0.25) is 5.78 Å². The van der Waals surface area contributed by atoms with E-state index in [2.05, 4.69) is 6.92 Å². The van der Waals surface area contributed by atoms with Crippen LogP contribution in [0.3, 0.4) is 0 Å². The van der Waals surface area contributed by atoms with Gasteiger partial charge in [0.25, 0.3) is 0 Å². The molecule has 1 atom stereocenters. The topological polar surface area (TPSA) is 34.1 Å². The molecule has 1 rings (SSSR count). The lowest BCUT2D eigenvalue weighted by Crippen LogP contribution is -2.40. The van der Waals surface area contributed by atoms with Crippen molar-refractivity contribution in [1.29, 1.82) is 0 Å². The summed E-state index contributed by atoms with van der Waals surface area (Å²) >= 11 is 0. The summed E-state index contributed by atoms with van der Waals surface area (Å²) in [5.41, 5.74) is 0. The number of hydrogen-bond donors (Lipinski definition) is 0. The Labute approximate surface area is 120 Å². The zero-order valence-electron chi connectivity index (χ0n) is 12.4. The zero-order chi connectivity index (χ0) is 15.0. The van der Waals surface area contributed by atoms with E-state index in [4.69, 9.17) is 0 Å². The van der Waals surface area contributed by atoms with Crippen molar-refractivity contribution < 1.29 is 18.4 Å². The summed E-state index contributed by atoms with van der Waals surface area (Å²) < 4.78 is 28.0. The highest BCUT2D eigenvalue weighted by atomic mass is 19.3. The molecular weight excluding hydrogens is 262 g/mol. The quantitative estimate of drug-likeness (QED) is 0.576. The van der Waals surface area contributed by atoms with Crippen molar-refractivity contribution in [3.8, 4) is 0 Å². The number of unbranched alkanes of at least 4 members (excludes halogenated alkanes) is 5. The molecule has 1 aliphatic rings. The van der Waals surface area contributed by atoms with Crippen LogP contribution < -0.4 is 0 Å². The molecule has 0 aromatic heterocycles. The van der Waals surface area contributed by atoms with Gasteiger partial charge in [-0.05, 0) is 19.3 Å². The fourth-order valence-electron chi connectivity index (χ4n) is 2.79. The second kappa shape index (κ2) is 8.48. The van der Waals surface area contributed by atoms with E-state index in [0.29, 0.717) is 25.7 Å². The summed E-state index contributed by atoms with van der Waals surface area (Å²) in [5.74, 6) is -5.46. The van der Waals surface area contributed by atoms with E-state index in [0.717, 1.165) is 32.1 Å². The molecule has 0 spiro atoms. The molecule has 1 fully saturated rings. The van der Waals surface area contributed by atoms with E-state index in [1.54, 1.807) is 0 Å². The van der Waals surface area contributed by atoms with E-state index < -0.39 is 17.6 Å². The monoisotopic (exact) mass is 288 g/mol. The van der Waals surface area contributed by atoms with Crippen molar-refractivity contribution in [1.82, 2.24) is 0 Å². The van der Waals surface area contributed by atoms with Crippen LogP contribution in [-0.2, 0) is 9.59 Å². The van der Waals surface area contributed by atoms with Gasteiger partial charge < -0.3 is 0 Å². The molecule has 2 nitrogen and oxygen atoms in total. The highest BCUT2D eigenvalue weighted by Crippen LogP contribution is 2.37. The molecule has 0 amide bonds. The van der Waals surface area contributed by atoms with Gasteiger partial charge in [0.1, 0.15) is 5.78 Å². The van der Waals surface area contributed by atoms with Gasteiger partial charge in [-0.1, -0.05) is 39.0 Å². The SMILES string of the molecule is CCCCCCCCC(=O)C(F)(F)C1CCCC(=O)C1. The van der Waals surface area contributed by atoms with Crippen LogP contribution in [0.5, 0.6) is 0 Å². The van der Waals surface area contributed by atoms with E-state index in [1.807, 2.05) is 0 Å². The lowest BCUT2D eigenvalue weighted by atomic mass is 9.81. The van der Waals surface area contributed by atoms with Gasteiger partial charge in [-0.15, -0.1) is 0 Å². The number of rotatable bonds is 9. The highest BCUT2D eigenvalue weighted by Gasteiger charge is 2.47. The standard InChI is InChI=1S/C16H26F2O2/c1-2-3-4-5-6-7-11-15(20)16(17,18)13-9-8-10-14(19)12-13/h13H,2-12H2,1H3.